The number of rotatable bonds is 6. The molecule has 0 aliphatic rings. The Hall–Kier alpha value is -1.33. The van der Waals surface area contributed by atoms with E-state index >= 15 is 0 Å². The Morgan fingerprint density at radius 3 is 2.79 bits per heavy atom. The highest BCUT2D eigenvalue weighted by molar-refractivity contribution is 7.80. The van der Waals surface area contributed by atoms with E-state index in [1.54, 1.807) is 18.2 Å². The summed E-state index contributed by atoms with van der Waals surface area (Å²) in [5.41, 5.74) is 5.94. The fourth-order valence-electron chi connectivity index (χ4n) is 1.66. The van der Waals surface area contributed by atoms with Crippen LogP contribution in [0.15, 0.2) is 18.2 Å². The lowest BCUT2D eigenvalue weighted by Crippen LogP contribution is -2.37. The van der Waals surface area contributed by atoms with E-state index in [9.17, 15) is 4.79 Å². The zero-order valence-corrected chi connectivity index (χ0v) is 12.5. The average molecular weight is 301 g/mol. The third-order valence-corrected chi connectivity index (χ3v) is 3.09. The van der Waals surface area contributed by atoms with Crippen LogP contribution in [0.5, 0.6) is 5.75 Å². The van der Waals surface area contributed by atoms with Gasteiger partial charge in [-0.25, -0.2) is 0 Å². The van der Waals surface area contributed by atoms with Crippen molar-refractivity contribution in [3.8, 4) is 5.75 Å². The first-order valence-electron chi connectivity index (χ1n) is 5.90. The zero-order chi connectivity index (χ0) is 14.4. The van der Waals surface area contributed by atoms with Crippen molar-refractivity contribution in [3.63, 3.8) is 0 Å². The Bertz CT molecular complexity index is 480. The fraction of sp³-hybridized carbons (Fsp3) is 0.385. The SMILES string of the molecule is CCC(CC(N)=S)NC(=O)c1ccc(Cl)cc1OC. The Balaban J connectivity index is 2.85. The molecular weight excluding hydrogens is 284 g/mol. The van der Waals surface area contributed by atoms with Crippen LogP contribution in [-0.4, -0.2) is 24.0 Å². The standard InChI is InChI=1S/C13H17ClN2O2S/c1-3-9(7-12(15)19)16-13(17)10-5-4-8(14)6-11(10)18-2/h4-6,9H,3,7H2,1-2H3,(H2,15,19)(H,16,17). The smallest absolute Gasteiger partial charge is 0.255 e. The summed E-state index contributed by atoms with van der Waals surface area (Å²) in [5.74, 6) is 0.215. The molecule has 0 saturated heterocycles. The van der Waals surface area contributed by atoms with Crippen LogP contribution >= 0.6 is 23.8 Å². The van der Waals surface area contributed by atoms with Gasteiger partial charge in [-0.05, 0) is 24.6 Å². The summed E-state index contributed by atoms with van der Waals surface area (Å²) in [7, 11) is 1.49. The highest BCUT2D eigenvalue weighted by Crippen LogP contribution is 2.23. The predicted molar refractivity (Wildman–Crippen MR) is 81.0 cm³/mol. The van der Waals surface area contributed by atoms with Crippen LogP contribution in [0.25, 0.3) is 0 Å². The number of ether oxygens (including phenoxy) is 1. The minimum atomic E-state index is -0.225. The minimum Gasteiger partial charge on any atom is -0.496 e. The van der Waals surface area contributed by atoms with Crippen LogP contribution < -0.4 is 15.8 Å². The molecule has 3 N–H and O–H groups in total. The molecule has 104 valence electrons. The first kappa shape index (κ1) is 15.7. The molecule has 0 aliphatic heterocycles. The van der Waals surface area contributed by atoms with Gasteiger partial charge in [0.15, 0.2) is 0 Å². The number of thiocarbonyl (C=S) groups is 1. The van der Waals surface area contributed by atoms with Crippen LogP contribution in [0.1, 0.15) is 30.1 Å². The second-order valence-corrected chi connectivity index (χ2v) is 5.05. The monoisotopic (exact) mass is 300 g/mol. The van der Waals surface area contributed by atoms with Crippen molar-refractivity contribution in [1.29, 1.82) is 0 Å². The second-order valence-electron chi connectivity index (χ2n) is 4.09. The summed E-state index contributed by atoms with van der Waals surface area (Å²) in [6.07, 6.45) is 1.23. The third-order valence-electron chi connectivity index (χ3n) is 2.68. The van der Waals surface area contributed by atoms with Gasteiger partial charge >= 0.3 is 0 Å². The van der Waals surface area contributed by atoms with Gasteiger partial charge in [0, 0.05) is 17.5 Å². The lowest BCUT2D eigenvalue weighted by Gasteiger charge is -2.17. The highest BCUT2D eigenvalue weighted by Gasteiger charge is 2.16. The Kier molecular flexibility index (Phi) is 6.05. The third kappa shape index (κ3) is 4.69. The van der Waals surface area contributed by atoms with E-state index in [0.717, 1.165) is 6.42 Å². The number of carbonyl (C=O) groups excluding carboxylic acids is 1. The van der Waals surface area contributed by atoms with Gasteiger partial charge in [-0.15, -0.1) is 0 Å². The molecule has 4 nitrogen and oxygen atoms in total. The predicted octanol–water partition coefficient (Wildman–Crippen LogP) is 2.53. The molecule has 0 aromatic heterocycles. The van der Waals surface area contributed by atoms with E-state index in [0.29, 0.717) is 27.7 Å². The minimum absolute atomic E-state index is 0.0783. The van der Waals surface area contributed by atoms with Crippen molar-refractivity contribution in [3.05, 3.63) is 28.8 Å². The van der Waals surface area contributed by atoms with Gasteiger partial charge in [0.1, 0.15) is 5.75 Å². The molecule has 1 amide bonds. The molecule has 0 spiro atoms. The number of hydrogen-bond acceptors (Lipinski definition) is 3. The Morgan fingerprint density at radius 2 is 2.26 bits per heavy atom. The summed E-state index contributed by atoms with van der Waals surface area (Å²) < 4.78 is 5.15. The molecular formula is C13H17ClN2O2S. The van der Waals surface area contributed by atoms with Gasteiger partial charge in [-0.3, -0.25) is 4.79 Å². The second kappa shape index (κ2) is 7.31. The van der Waals surface area contributed by atoms with Crippen LogP contribution in [0.3, 0.4) is 0 Å². The first-order chi connectivity index (χ1) is 8.97. The van der Waals surface area contributed by atoms with Crippen molar-refractivity contribution in [2.45, 2.75) is 25.8 Å². The number of hydrogen-bond donors (Lipinski definition) is 2. The van der Waals surface area contributed by atoms with Gasteiger partial charge in [0.05, 0.1) is 17.7 Å². The maximum atomic E-state index is 12.2. The number of methoxy groups -OCH3 is 1. The van der Waals surface area contributed by atoms with Crippen molar-refractivity contribution >= 4 is 34.7 Å². The average Bonchev–Trinajstić information content (AvgIpc) is 2.36. The normalized spacial score (nSPS) is 11.7. The van der Waals surface area contributed by atoms with E-state index in [2.05, 4.69) is 5.32 Å². The fourth-order valence-corrected chi connectivity index (χ4v) is 2.02. The Morgan fingerprint density at radius 1 is 1.58 bits per heavy atom. The first-order valence-corrected chi connectivity index (χ1v) is 6.69. The number of nitrogens with two attached hydrogens (primary N) is 1. The van der Waals surface area contributed by atoms with E-state index in [-0.39, 0.29) is 11.9 Å². The summed E-state index contributed by atoms with van der Waals surface area (Å²) in [6, 6.07) is 4.80. The largest absolute Gasteiger partial charge is 0.496 e. The summed E-state index contributed by atoms with van der Waals surface area (Å²) in [6.45, 7) is 1.96. The molecule has 0 radical (unpaired) electrons. The van der Waals surface area contributed by atoms with Crippen LogP contribution in [0.4, 0.5) is 0 Å². The molecule has 0 saturated carbocycles. The molecule has 0 aliphatic carbocycles. The summed E-state index contributed by atoms with van der Waals surface area (Å²) >= 11 is 10.7. The van der Waals surface area contributed by atoms with E-state index in [4.69, 9.17) is 34.3 Å². The number of nitrogens with one attached hydrogen (secondary N) is 1. The quantitative estimate of drug-likeness (QED) is 0.793. The molecule has 1 aromatic rings. The van der Waals surface area contributed by atoms with Crippen molar-refractivity contribution < 1.29 is 9.53 Å². The number of halogens is 1. The maximum absolute atomic E-state index is 12.2. The van der Waals surface area contributed by atoms with Crippen molar-refractivity contribution in [2.24, 2.45) is 5.73 Å². The lowest BCUT2D eigenvalue weighted by molar-refractivity contribution is 0.0934. The highest BCUT2D eigenvalue weighted by atomic mass is 35.5. The molecule has 1 unspecified atom stereocenters. The van der Waals surface area contributed by atoms with Crippen LogP contribution in [0, 0.1) is 0 Å². The van der Waals surface area contributed by atoms with E-state index in [1.165, 1.54) is 7.11 Å². The summed E-state index contributed by atoms with van der Waals surface area (Å²) in [4.78, 5) is 12.6. The molecule has 6 heteroatoms. The van der Waals surface area contributed by atoms with E-state index < -0.39 is 0 Å². The Labute approximate surface area is 123 Å². The van der Waals surface area contributed by atoms with Crippen molar-refractivity contribution in [2.75, 3.05) is 7.11 Å². The lowest BCUT2D eigenvalue weighted by atomic mass is 10.1. The zero-order valence-electron chi connectivity index (χ0n) is 10.9. The van der Waals surface area contributed by atoms with Crippen molar-refractivity contribution in [1.82, 2.24) is 5.32 Å². The number of benzene rings is 1. The molecule has 0 bridgehead atoms. The van der Waals surface area contributed by atoms with Crippen LogP contribution in [-0.2, 0) is 0 Å². The topological polar surface area (TPSA) is 64.3 Å². The number of amides is 1. The van der Waals surface area contributed by atoms with Gasteiger partial charge in [0.25, 0.3) is 5.91 Å². The maximum Gasteiger partial charge on any atom is 0.255 e. The molecule has 0 fully saturated rings. The molecule has 1 rings (SSSR count). The van der Waals surface area contributed by atoms with Gasteiger partial charge in [0.2, 0.25) is 0 Å². The van der Waals surface area contributed by atoms with E-state index in [1.807, 2.05) is 6.92 Å². The molecule has 19 heavy (non-hydrogen) atoms. The van der Waals surface area contributed by atoms with Gasteiger partial charge < -0.3 is 15.8 Å². The van der Waals surface area contributed by atoms with Crippen LogP contribution in [0.2, 0.25) is 5.02 Å². The van der Waals surface area contributed by atoms with Gasteiger partial charge in [-0.2, -0.15) is 0 Å². The number of carbonyl (C=O) groups is 1. The van der Waals surface area contributed by atoms with Gasteiger partial charge in [-0.1, -0.05) is 30.7 Å². The molecule has 1 atom stereocenters. The summed E-state index contributed by atoms with van der Waals surface area (Å²) in [5, 5.41) is 3.40. The molecule has 1 aromatic carbocycles. The molecule has 0 heterocycles.